The lowest BCUT2D eigenvalue weighted by atomic mass is 9.94. The monoisotopic (exact) mass is 394 g/mol. The maximum Gasteiger partial charge on any atom is 0.253 e. The average Bonchev–Trinajstić information content (AvgIpc) is 2.74. The molecule has 148 valence electrons. The third kappa shape index (κ3) is 4.56. The van der Waals surface area contributed by atoms with Gasteiger partial charge in [-0.3, -0.25) is 4.79 Å². The van der Waals surface area contributed by atoms with E-state index in [4.69, 9.17) is 0 Å². The van der Waals surface area contributed by atoms with Crippen molar-refractivity contribution in [3.05, 3.63) is 83.7 Å². The smallest absolute Gasteiger partial charge is 0.253 e. The maximum atomic E-state index is 13.4. The lowest BCUT2D eigenvalue weighted by molar-refractivity contribution is 0.0706. The summed E-state index contributed by atoms with van der Waals surface area (Å²) in [4.78, 5) is 23.3. The first-order valence-electron chi connectivity index (χ1n) is 9.49. The summed E-state index contributed by atoms with van der Waals surface area (Å²) < 4.78 is 26.5. The third-order valence-electron chi connectivity index (χ3n) is 4.98. The highest BCUT2D eigenvalue weighted by molar-refractivity contribution is 5.94. The zero-order valence-electron chi connectivity index (χ0n) is 15.7. The first-order chi connectivity index (χ1) is 14.1. The van der Waals surface area contributed by atoms with E-state index in [1.807, 2.05) is 6.07 Å². The van der Waals surface area contributed by atoms with Gasteiger partial charge in [0.25, 0.3) is 5.91 Å². The van der Waals surface area contributed by atoms with Gasteiger partial charge in [-0.15, -0.1) is 0 Å². The number of anilines is 2. The first kappa shape index (κ1) is 19.0. The number of likely N-dealkylation sites (tertiary alicyclic amines) is 1. The van der Waals surface area contributed by atoms with Gasteiger partial charge in [-0.1, -0.05) is 6.07 Å². The molecule has 4 rings (SSSR count). The number of carbonyl (C=O) groups is 1. The minimum absolute atomic E-state index is 0.0733. The Morgan fingerprint density at radius 3 is 2.69 bits per heavy atom. The second kappa shape index (κ2) is 8.34. The van der Waals surface area contributed by atoms with Gasteiger partial charge in [0.2, 0.25) is 5.95 Å². The second-order valence-corrected chi connectivity index (χ2v) is 7.04. The molecule has 1 atom stereocenters. The standard InChI is InChI=1S/C22H20F2N4O/c23-17-8-6-15(7-9-17)21(29)28-12-2-3-16(14-28)20-10-11-25-22(27-20)26-19-5-1-4-18(24)13-19/h1,4-11,13,16H,2-3,12,14H2,(H,25,26,27). The molecular formula is C22H20F2N4O. The van der Waals surface area contributed by atoms with Crippen LogP contribution >= 0.6 is 0 Å². The molecule has 0 spiro atoms. The Morgan fingerprint density at radius 1 is 1.07 bits per heavy atom. The van der Waals surface area contributed by atoms with Gasteiger partial charge in [0.05, 0.1) is 5.69 Å². The predicted octanol–water partition coefficient (Wildman–Crippen LogP) is 4.52. The van der Waals surface area contributed by atoms with Crippen molar-refractivity contribution in [1.82, 2.24) is 14.9 Å². The van der Waals surface area contributed by atoms with Crippen molar-refractivity contribution in [2.75, 3.05) is 18.4 Å². The number of halogens is 2. The lowest BCUT2D eigenvalue weighted by Crippen LogP contribution is -2.39. The fourth-order valence-electron chi connectivity index (χ4n) is 3.53. The number of carbonyl (C=O) groups excluding carboxylic acids is 1. The summed E-state index contributed by atoms with van der Waals surface area (Å²) in [7, 11) is 0. The van der Waals surface area contributed by atoms with Crippen LogP contribution in [0, 0.1) is 11.6 Å². The predicted molar refractivity (Wildman–Crippen MR) is 106 cm³/mol. The zero-order chi connectivity index (χ0) is 20.2. The van der Waals surface area contributed by atoms with Crippen LogP contribution in [0.5, 0.6) is 0 Å². The molecule has 0 aliphatic carbocycles. The molecule has 1 fully saturated rings. The summed E-state index contributed by atoms with van der Waals surface area (Å²) in [5.41, 5.74) is 1.87. The number of piperidine rings is 1. The van der Waals surface area contributed by atoms with E-state index >= 15 is 0 Å². The van der Waals surface area contributed by atoms with Crippen molar-refractivity contribution in [2.45, 2.75) is 18.8 Å². The van der Waals surface area contributed by atoms with Gasteiger partial charge in [0, 0.05) is 36.5 Å². The quantitative estimate of drug-likeness (QED) is 0.707. The largest absolute Gasteiger partial charge is 0.338 e. The molecule has 2 aromatic carbocycles. The van der Waals surface area contributed by atoms with Crippen molar-refractivity contribution >= 4 is 17.5 Å². The summed E-state index contributed by atoms with van der Waals surface area (Å²) in [6.07, 6.45) is 3.42. The van der Waals surface area contributed by atoms with Crippen molar-refractivity contribution < 1.29 is 13.6 Å². The minimum atomic E-state index is -0.364. The van der Waals surface area contributed by atoms with E-state index in [1.165, 1.54) is 36.4 Å². The van der Waals surface area contributed by atoms with Crippen LogP contribution in [-0.4, -0.2) is 33.9 Å². The SMILES string of the molecule is O=C(c1ccc(F)cc1)N1CCCC(c2ccnc(Nc3cccc(F)c3)n2)C1. The molecule has 2 heterocycles. The molecule has 0 radical (unpaired) electrons. The highest BCUT2D eigenvalue weighted by Gasteiger charge is 2.26. The third-order valence-corrected chi connectivity index (χ3v) is 4.98. The van der Waals surface area contributed by atoms with E-state index in [9.17, 15) is 13.6 Å². The molecule has 0 bridgehead atoms. The molecule has 7 heteroatoms. The van der Waals surface area contributed by atoms with E-state index in [0.717, 1.165) is 18.5 Å². The van der Waals surface area contributed by atoms with Gasteiger partial charge < -0.3 is 10.2 Å². The Kier molecular flexibility index (Phi) is 5.46. The van der Waals surface area contributed by atoms with E-state index in [2.05, 4.69) is 15.3 Å². The summed E-state index contributed by atoms with van der Waals surface area (Å²) >= 11 is 0. The Bertz CT molecular complexity index is 1010. The average molecular weight is 394 g/mol. The molecule has 1 amide bonds. The van der Waals surface area contributed by atoms with Crippen molar-refractivity contribution in [3.63, 3.8) is 0 Å². The number of amides is 1. The normalized spacial score (nSPS) is 16.5. The van der Waals surface area contributed by atoms with E-state index in [0.29, 0.717) is 30.3 Å². The molecule has 1 aliphatic heterocycles. The van der Waals surface area contributed by atoms with Crippen LogP contribution in [0.4, 0.5) is 20.4 Å². The molecule has 1 unspecified atom stereocenters. The minimum Gasteiger partial charge on any atom is -0.338 e. The van der Waals surface area contributed by atoms with Crippen molar-refractivity contribution in [2.24, 2.45) is 0 Å². The van der Waals surface area contributed by atoms with Gasteiger partial charge in [-0.05, 0) is 61.4 Å². The lowest BCUT2D eigenvalue weighted by Gasteiger charge is -2.32. The number of hydrogen-bond acceptors (Lipinski definition) is 4. The number of rotatable bonds is 4. The Hall–Kier alpha value is -3.35. The van der Waals surface area contributed by atoms with Gasteiger partial charge in [-0.25, -0.2) is 18.7 Å². The first-order valence-corrected chi connectivity index (χ1v) is 9.49. The van der Waals surface area contributed by atoms with Crippen molar-refractivity contribution in [1.29, 1.82) is 0 Å². The van der Waals surface area contributed by atoms with Crippen LogP contribution in [0.25, 0.3) is 0 Å². The highest BCUT2D eigenvalue weighted by Crippen LogP contribution is 2.27. The number of nitrogens with zero attached hydrogens (tertiary/aromatic N) is 3. The van der Waals surface area contributed by atoms with Crippen LogP contribution in [0.15, 0.2) is 60.8 Å². The summed E-state index contributed by atoms with van der Waals surface area (Å²) in [5, 5.41) is 3.01. The van der Waals surface area contributed by atoms with E-state index in [-0.39, 0.29) is 23.5 Å². The molecule has 1 N–H and O–H groups in total. The van der Waals surface area contributed by atoms with E-state index < -0.39 is 0 Å². The second-order valence-electron chi connectivity index (χ2n) is 7.04. The number of nitrogens with one attached hydrogen (secondary N) is 1. The van der Waals surface area contributed by atoms with Gasteiger partial charge in [-0.2, -0.15) is 0 Å². The molecule has 5 nitrogen and oxygen atoms in total. The van der Waals surface area contributed by atoms with Crippen LogP contribution in [-0.2, 0) is 0 Å². The highest BCUT2D eigenvalue weighted by atomic mass is 19.1. The molecule has 0 saturated carbocycles. The molecule has 29 heavy (non-hydrogen) atoms. The Balaban J connectivity index is 1.48. The summed E-state index contributed by atoms with van der Waals surface area (Å²) in [6.45, 7) is 1.19. The fourth-order valence-corrected chi connectivity index (χ4v) is 3.53. The molecule has 1 aliphatic rings. The number of hydrogen-bond donors (Lipinski definition) is 1. The van der Waals surface area contributed by atoms with Gasteiger partial charge in [0.15, 0.2) is 0 Å². The maximum absolute atomic E-state index is 13.4. The Labute approximate surface area is 167 Å². The summed E-state index contributed by atoms with van der Waals surface area (Å²) in [5.74, 6) is -0.355. The molecule has 1 saturated heterocycles. The Morgan fingerprint density at radius 2 is 1.90 bits per heavy atom. The van der Waals surface area contributed by atoms with Crippen LogP contribution in [0.2, 0.25) is 0 Å². The zero-order valence-corrected chi connectivity index (χ0v) is 15.7. The number of benzene rings is 2. The van der Waals surface area contributed by atoms with Crippen LogP contribution in [0.1, 0.15) is 34.8 Å². The molecule has 1 aromatic heterocycles. The van der Waals surface area contributed by atoms with Crippen LogP contribution in [0.3, 0.4) is 0 Å². The molecular weight excluding hydrogens is 374 g/mol. The summed E-state index contributed by atoms with van der Waals surface area (Å²) in [6, 6.07) is 13.5. The van der Waals surface area contributed by atoms with Crippen LogP contribution < -0.4 is 5.32 Å². The topological polar surface area (TPSA) is 58.1 Å². The molecule has 3 aromatic rings. The van der Waals surface area contributed by atoms with Gasteiger partial charge >= 0.3 is 0 Å². The van der Waals surface area contributed by atoms with Crippen molar-refractivity contribution in [3.8, 4) is 0 Å². The van der Waals surface area contributed by atoms with Gasteiger partial charge in [0.1, 0.15) is 11.6 Å². The number of aromatic nitrogens is 2. The fraction of sp³-hybridized carbons (Fsp3) is 0.227. The van der Waals surface area contributed by atoms with E-state index in [1.54, 1.807) is 23.2 Å².